The van der Waals surface area contributed by atoms with Crippen molar-refractivity contribution in [2.45, 2.75) is 62.6 Å². The lowest BCUT2D eigenvalue weighted by molar-refractivity contribution is -0.133. The van der Waals surface area contributed by atoms with Gasteiger partial charge in [0.25, 0.3) is 0 Å². The second-order valence-corrected chi connectivity index (χ2v) is 13.6. The van der Waals surface area contributed by atoms with Crippen LogP contribution in [0.2, 0.25) is 0 Å². The summed E-state index contributed by atoms with van der Waals surface area (Å²) in [5.74, 6) is 3.31. The van der Waals surface area contributed by atoms with Crippen LogP contribution in [0.3, 0.4) is 0 Å². The van der Waals surface area contributed by atoms with E-state index in [9.17, 15) is 5.11 Å². The minimum absolute atomic E-state index is 0.422. The van der Waals surface area contributed by atoms with Crippen LogP contribution in [-0.2, 0) is 4.74 Å². The van der Waals surface area contributed by atoms with Gasteiger partial charge in [0.15, 0.2) is 0 Å². The number of nitrogens with one attached hydrogen (secondary N) is 1. The zero-order valence-corrected chi connectivity index (χ0v) is 24.5. The average molecular weight is 598 g/mol. The quantitative estimate of drug-likeness (QED) is 0.498. The van der Waals surface area contributed by atoms with E-state index in [2.05, 4.69) is 72.2 Å². The van der Waals surface area contributed by atoms with E-state index in [1.165, 1.54) is 31.4 Å². The normalized spacial score (nSPS) is 32.9. The molecule has 2 N–H and O–H groups in total. The van der Waals surface area contributed by atoms with E-state index >= 15 is 0 Å². The first-order valence-corrected chi connectivity index (χ1v) is 15.6. The number of aliphatic hydroxyl groups is 1. The Bertz CT molecular complexity index is 1150. The van der Waals surface area contributed by atoms with Crippen molar-refractivity contribution in [1.29, 1.82) is 0 Å². The Kier molecular flexibility index (Phi) is 6.98. The maximum Gasteiger partial charge on any atom is 0.229 e. The summed E-state index contributed by atoms with van der Waals surface area (Å²) in [4.78, 5) is 17.0. The summed E-state index contributed by atoms with van der Waals surface area (Å²) in [6, 6.07) is 9.81. The number of benzene rings is 1. The van der Waals surface area contributed by atoms with E-state index in [1.807, 2.05) is 6.20 Å². The largest absolute Gasteiger partial charge is 0.390 e. The number of hydrogen-bond donors (Lipinski definition) is 2. The van der Waals surface area contributed by atoms with Gasteiger partial charge in [-0.25, -0.2) is 4.98 Å². The summed E-state index contributed by atoms with van der Waals surface area (Å²) < 4.78 is 6.45. The van der Waals surface area contributed by atoms with Crippen molar-refractivity contribution in [1.82, 2.24) is 14.9 Å². The Morgan fingerprint density at radius 2 is 1.72 bits per heavy atom. The molecule has 4 saturated carbocycles. The molecule has 2 unspecified atom stereocenters. The Hall–Kier alpha value is -1.94. The highest BCUT2D eigenvalue weighted by Gasteiger charge is 2.56. The van der Waals surface area contributed by atoms with E-state index in [-0.39, 0.29) is 0 Å². The molecule has 6 aliphatic rings. The lowest BCUT2D eigenvalue weighted by atomic mass is 9.52. The van der Waals surface area contributed by atoms with Crippen LogP contribution in [0.25, 0.3) is 0 Å². The summed E-state index contributed by atoms with van der Waals surface area (Å²) in [5, 5.41) is 14.5. The molecule has 8 nitrogen and oxygen atoms in total. The maximum absolute atomic E-state index is 11.0. The van der Waals surface area contributed by atoms with E-state index in [4.69, 9.17) is 9.72 Å². The summed E-state index contributed by atoms with van der Waals surface area (Å²) in [6.07, 6.45) is 9.63. The van der Waals surface area contributed by atoms with Gasteiger partial charge in [0.1, 0.15) is 5.82 Å². The predicted molar refractivity (Wildman–Crippen MR) is 158 cm³/mol. The third kappa shape index (κ3) is 5.16. The van der Waals surface area contributed by atoms with Gasteiger partial charge in [-0.3, -0.25) is 4.90 Å². The highest BCUT2D eigenvalue weighted by molar-refractivity contribution is 9.10. The second kappa shape index (κ2) is 10.5. The van der Waals surface area contributed by atoms with Crippen molar-refractivity contribution >= 4 is 39.1 Å². The van der Waals surface area contributed by atoms with E-state index in [0.717, 1.165) is 74.6 Å². The topological polar surface area (TPSA) is 77.0 Å². The van der Waals surface area contributed by atoms with Gasteiger partial charge in [-0.05, 0) is 103 Å². The van der Waals surface area contributed by atoms with Crippen molar-refractivity contribution < 1.29 is 9.84 Å². The molecule has 8 rings (SSSR count). The van der Waals surface area contributed by atoms with E-state index in [0.29, 0.717) is 35.8 Å². The molecule has 0 spiro atoms. The zero-order chi connectivity index (χ0) is 26.6. The Morgan fingerprint density at radius 3 is 2.38 bits per heavy atom. The van der Waals surface area contributed by atoms with E-state index < -0.39 is 5.60 Å². The Balaban J connectivity index is 0.996. The number of aromatic nitrogens is 2. The average Bonchev–Trinajstić information content (AvgIpc) is 2.94. The molecule has 1 aromatic carbocycles. The van der Waals surface area contributed by atoms with Gasteiger partial charge in [0.05, 0.1) is 23.3 Å². The van der Waals surface area contributed by atoms with Crippen LogP contribution in [0.5, 0.6) is 0 Å². The predicted octanol–water partition coefficient (Wildman–Crippen LogP) is 4.66. The lowest BCUT2D eigenvalue weighted by Crippen LogP contribution is -2.61. The number of rotatable bonds is 6. The van der Waals surface area contributed by atoms with Gasteiger partial charge >= 0.3 is 0 Å². The van der Waals surface area contributed by atoms with Gasteiger partial charge < -0.3 is 25.0 Å². The molecule has 2 atom stereocenters. The van der Waals surface area contributed by atoms with Crippen molar-refractivity contribution in [2.75, 3.05) is 61.6 Å². The Labute approximate surface area is 240 Å². The first-order valence-electron chi connectivity index (χ1n) is 14.9. The van der Waals surface area contributed by atoms with Crippen LogP contribution in [0, 0.1) is 17.8 Å². The standard InChI is InChI=1S/C30H41BrN6O2/c1-35(27-21-14-20-15-22(27)18-30(38,16-20)17-21)28-26(31)19-32-29(34-28)33-23-2-4-24(5-3-23)36-8-6-25(7-9-36)37-10-12-39-13-11-37/h2-5,19-22,25,27,38H,6-18H2,1H3,(H,32,33,34). The second-order valence-electron chi connectivity index (χ2n) is 12.7. The highest BCUT2D eigenvalue weighted by Crippen LogP contribution is 2.57. The van der Waals surface area contributed by atoms with Crippen LogP contribution in [-0.4, -0.2) is 84.1 Å². The van der Waals surface area contributed by atoms with Crippen molar-refractivity contribution in [2.24, 2.45) is 17.8 Å². The Morgan fingerprint density at radius 1 is 1.03 bits per heavy atom. The molecular formula is C30H41BrN6O2. The van der Waals surface area contributed by atoms with Crippen LogP contribution < -0.4 is 15.1 Å². The van der Waals surface area contributed by atoms with Gasteiger partial charge in [-0.1, -0.05) is 0 Å². The minimum atomic E-state index is -0.422. The molecule has 2 aromatic rings. The summed E-state index contributed by atoms with van der Waals surface area (Å²) in [5.41, 5.74) is 1.85. The molecule has 9 heteroatoms. The van der Waals surface area contributed by atoms with Crippen LogP contribution in [0.15, 0.2) is 34.9 Å². The van der Waals surface area contributed by atoms with E-state index in [1.54, 1.807) is 0 Å². The van der Waals surface area contributed by atoms with Crippen molar-refractivity contribution in [3.8, 4) is 0 Å². The van der Waals surface area contributed by atoms with Crippen LogP contribution >= 0.6 is 15.9 Å². The number of piperidine rings is 1. The summed E-state index contributed by atoms with van der Waals surface area (Å²) in [7, 11) is 2.17. The number of ether oxygens (including phenoxy) is 1. The summed E-state index contributed by atoms with van der Waals surface area (Å²) in [6.45, 7) is 6.10. The highest BCUT2D eigenvalue weighted by atomic mass is 79.9. The molecule has 3 heterocycles. The maximum atomic E-state index is 11.0. The fourth-order valence-corrected chi connectivity index (χ4v) is 9.18. The molecule has 0 amide bonds. The third-order valence-electron chi connectivity index (χ3n) is 10.2. The zero-order valence-electron chi connectivity index (χ0n) is 22.9. The van der Waals surface area contributed by atoms with Gasteiger partial charge in [0, 0.05) is 62.9 Å². The fraction of sp³-hybridized carbons (Fsp3) is 0.667. The van der Waals surface area contributed by atoms with Crippen LogP contribution in [0.1, 0.15) is 44.9 Å². The summed E-state index contributed by atoms with van der Waals surface area (Å²) >= 11 is 3.72. The molecular weight excluding hydrogens is 556 g/mol. The monoisotopic (exact) mass is 596 g/mol. The third-order valence-corrected chi connectivity index (χ3v) is 10.8. The number of morpholine rings is 1. The molecule has 4 aliphatic carbocycles. The number of anilines is 4. The molecule has 2 saturated heterocycles. The molecule has 0 radical (unpaired) electrons. The molecule has 39 heavy (non-hydrogen) atoms. The number of halogens is 1. The molecule has 4 bridgehead atoms. The van der Waals surface area contributed by atoms with Crippen molar-refractivity contribution in [3.63, 3.8) is 0 Å². The molecule has 1 aromatic heterocycles. The van der Waals surface area contributed by atoms with Crippen molar-refractivity contribution in [3.05, 3.63) is 34.9 Å². The number of hydrogen-bond acceptors (Lipinski definition) is 8. The van der Waals surface area contributed by atoms with Crippen LogP contribution in [0.4, 0.5) is 23.1 Å². The van der Waals surface area contributed by atoms with Gasteiger partial charge in [-0.15, -0.1) is 0 Å². The smallest absolute Gasteiger partial charge is 0.229 e. The van der Waals surface area contributed by atoms with Gasteiger partial charge in [0.2, 0.25) is 5.95 Å². The molecule has 210 valence electrons. The first-order chi connectivity index (χ1) is 18.9. The number of nitrogens with zero attached hydrogens (tertiary/aromatic N) is 5. The minimum Gasteiger partial charge on any atom is -0.390 e. The lowest BCUT2D eigenvalue weighted by Gasteiger charge is -2.60. The fourth-order valence-electron chi connectivity index (χ4n) is 8.71. The SMILES string of the molecule is CN(c1nc(Nc2ccc(N3CCC(N4CCOCC4)CC3)cc2)ncc1Br)C1C2CC3CC1CC(O)(C3)C2. The molecule has 6 fully saturated rings. The first kappa shape index (κ1) is 26.0. The molecule has 2 aliphatic heterocycles. The van der Waals surface area contributed by atoms with Gasteiger partial charge in [-0.2, -0.15) is 4.98 Å².